The number of hydrogen-bond acceptors (Lipinski definition) is 6. The number of alkyl halides is 3. The number of hydrogen-bond donors (Lipinski definition) is 1. The fraction of sp³-hybridized carbons (Fsp3) is 0.300. The number of aromatic hydroxyl groups is 1. The molecule has 2 aromatic heterocycles. The Hall–Kier alpha value is -2.16. The number of rotatable bonds is 4. The van der Waals surface area contributed by atoms with E-state index in [-0.39, 0.29) is 17.5 Å². The van der Waals surface area contributed by atoms with Gasteiger partial charge in [0.05, 0.1) is 11.8 Å². The van der Waals surface area contributed by atoms with Crippen LogP contribution in [0.1, 0.15) is 5.82 Å². The van der Waals surface area contributed by atoms with Crippen molar-refractivity contribution < 1.29 is 27.5 Å². The standard InChI is InChI=1S/C10H8F3N3O3/c11-10(12,13)5-18-4-8-15-9(19-16-8)6-1-7(17)3-14-2-6/h1-3,17H,4-5H2. The SMILES string of the molecule is Oc1cncc(-c2nc(COCC(F)(F)F)no2)c1. The first kappa shape index (κ1) is 13.3. The molecule has 6 nitrogen and oxygen atoms in total. The zero-order chi connectivity index (χ0) is 13.9. The molecule has 0 unspecified atom stereocenters. The summed E-state index contributed by atoms with van der Waals surface area (Å²) in [6, 6.07) is 1.33. The minimum Gasteiger partial charge on any atom is -0.506 e. The molecule has 2 heterocycles. The topological polar surface area (TPSA) is 81.3 Å². The molecule has 0 aliphatic carbocycles. The summed E-state index contributed by atoms with van der Waals surface area (Å²) in [6.45, 7) is -1.81. The molecule has 2 rings (SSSR count). The van der Waals surface area contributed by atoms with Crippen LogP contribution in [0.15, 0.2) is 23.0 Å². The molecule has 0 fully saturated rings. The van der Waals surface area contributed by atoms with Crippen LogP contribution in [0.2, 0.25) is 0 Å². The van der Waals surface area contributed by atoms with Gasteiger partial charge in [-0.1, -0.05) is 5.16 Å². The summed E-state index contributed by atoms with van der Waals surface area (Å²) in [5.74, 6) is -0.0813. The van der Waals surface area contributed by atoms with Crippen molar-refractivity contribution in [2.75, 3.05) is 6.61 Å². The lowest BCUT2D eigenvalue weighted by molar-refractivity contribution is -0.177. The minimum absolute atomic E-state index is 0.0254. The van der Waals surface area contributed by atoms with Crippen LogP contribution in [0.3, 0.4) is 0 Å². The van der Waals surface area contributed by atoms with E-state index in [0.717, 1.165) is 0 Å². The van der Waals surface area contributed by atoms with Gasteiger partial charge in [-0.05, 0) is 6.07 Å². The summed E-state index contributed by atoms with van der Waals surface area (Å²) >= 11 is 0. The molecule has 0 aromatic carbocycles. The number of ether oxygens (including phenoxy) is 1. The molecule has 0 aliphatic heterocycles. The van der Waals surface area contributed by atoms with Crippen molar-refractivity contribution in [1.82, 2.24) is 15.1 Å². The fourth-order valence-electron chi connectivity index (χ4n) is 1.23. The van der Waals surface area contributed by atoms with Crippen LogP contribution in [-0.2, 0) is 11.3 Å². The summed E-state index contributed by atoms with van der Waals surface area (Å²) < 4.78 is 44.7. The molecule has 102 valence electrons. The van der Waals surface area contributed by atoms with Crippen LogP contribution in [0.4, 0.5) is 13.2 Å². The molecule has 0 radical (unpaired) electrons. The van der Waals surface area contributed by atoms with Gasteiger partial charge in [-0.2, -0.15) is 18.2 Å². The first-order chi connectivity index (χ1) is 8.94. The van der Waals surface area contributed by atoms with Crippen LogP contribution in [0.25, 0.3) is 11.5 Å². The second-order valence-corrected chi connectivity index (χ2v) is 3.56. The Kier molecular flexibility index (Phi) is 3.65. The highest BCUT2D eigenvalue weighted by atomic mass is 19.4. The van der Waals surface area contributed by atoms with E-state index in [1.807, 2.05) is 0 Å². The monoisotopic (exact) mass is 275 g/mol. The molecule has 0 aliphatic rings. The van der Waals surface area contributed by atoms with Gasteiger partial charge in [-0.15, -0.1) is 0 Å². The summed E-state index contributed by atoms with van der Waals surface area (Å²) in [5.41, 5.74) is 0.356. The molecule has 0 saturated carbocycles. The molecular weight excluding hydrogens is 267 g/mol. The number of nitrogens with zero attached hydrogens (tertiary/aromatic N) is 3. The van der Waals surface area contributed by atoms with Crippen LogP contribution >= 0.6 is 0 Å². The number of aromatic nitrogens is 3. The van der Waals surface area contributed by atoms with E-state index in [4.69, 9.17) is 4.52 Å². The lowest BCUT2D eigenvalue weighted by Gasteiger charge is -2.04. The Morgan fingerprint density at radius 2 is 2.11 bits per heavy atom. The van der Waals surface area contributed by atoms with Crippen molar-refractivity contribution in [3.8, 4) is 17.2 Å². The van der Waals surface area contributed by atoms with E-state index >= 15 is 0 Å². The highest BCUT2D eigenvalue weighted by molar-refractivity contribution is 5.53. The van der Waals surface area contributed by atoms with Gasteiger partial charge in [-0.25, -0.2) is 0 Å². The second kappa shape index (κ2) is 5.22. The predicted octanol–water partition coefficient (Wildman–Crippen LogP) is 1.92. The first-order valence-corrected chi connectivity index (χ1v) is 5.05. The third kappa shape index (κ3) is 3.91. The van der Waals surface area contributed by atoms with Gasteiger partial charge in [0, 0.05) is 6.20 Å². The molecule has 0 spiro atoms. The zero-order valence-electron chi connectivity index (χ0n) is 9.39. The first-order valence-electron chi connectivity index (χ1n) is 5.05. The van der Waals surface area contributed by atoms with Gasteiger partial charge in [0.1, 0.15) is 19.0 Å². The quantitative estimate of drug-likeness (QED) is 0.918. The van der Waals surface area contributed by atoms with Crippen molar-refractivity contribution in [2.45, 2.75) is 12.8 Å². The maximum absolute atomic E-state index is 11.8. The predicted molar refractivity (Wildman–Crippen MR) is 54.9 cm³/mol. The third-order valence-electron chi connectivity index (χ3n) is 1.94. The van der Waals surface area contributed by atoms with Crippen LogP contribution in [0, 0.1) is 0 Å². The largest absolute Gasteiger partial charge is 0.506 e. The molecule has 0 saturated heterocycles. The average molecular weight is 275 g/mol. The maximum Gasteiger partial charge on any atom is 0.411 e. The Labute approximate surface area is 104 Å². The van der Waals surface area contributed by atoms with Gasteiger partial charge >= 0.3 is 6.18 Å². The van der Waals surface area contributed by atoms with Gasteiger partial charge < -0.3 is 14.4 Å². The van der Waals surface area contributed by atoms with Crippen molar-refractivity contribution in [3.05, 3.63) is 24.3 Å². The summed E-state index contributed by atoms with van der Waals surface area (Å²) in [7, 11) is 0. The Bertz CT molecular complexity index is 556. The van der Waals surface area contributed by atoms with E-state index in [1.54, 1.807) is 0 Å². The smallest absolute Gasteiger partial charge is 0.411 e. The minimum atomic E-state index is -4.40. The fourth-order valence-corrected chi connectivity index (χ4v) is 1.23. The lowest BCUT2D eigenvalue weighted by Crippen LogP contribution is -2.16. The third-order valence-corrected chi connectivity index (χ3v) is 1.94. The molecule has 2 aromatic rings. The Morgan fingerprint density at radius 3 is 2.79 bits per heavy atom. The van der Waals surface area contributed by atoms with E-state index in [0.29, 0.717) is 5.56 Å². The van der Waals surface area contributed by atoms with Gasteiger partial charge in [0.25, 0.3) is 5.89 Å². The van der Waals surface area contributed by atoms with E-state index in [1.165, 1.54) is 18.5 Å². The van der Waals surface area contributed by atoms with Gasteiger partial charge in [-0.3, -0.25) is 4.98 Å². The van der Waals surface area contributed by atoms with Crippen LogP contribution in [-0.4, -0.2) is 33.0 Å². The van der Waals surface area contributed by atoms with E-state index in [2.05, 4.69) is 19.9 Å². The highest BCUT2D eigenvalue weighted by Gasteiger charge is 2.27. The molecule has 0 bridgehead atoms. The summed E-state index contributed by atoms with van der Waals surface area (Å²) in [6.07, 6.45) is -1.82. The van der Waals surface area contributed by atoms with Crippen molar-refractivity contribution in [2.24, 2.45) is 0 Å². The molecule has 19 heavy (non-hydrogen) atoms. The zero-order valence-corrected chi connectivity index (χ0v) is 9.39. The van der Waals surface area contributed by atoms with Crippen molar-refractivity contribution >= 4 is 0 Å². The van der Waals surface area contributed by atoms with E-state index in [9.17, 15) is 18.3 Å². The Balaban J connectivity index is 1.99. The molecule has 0 atom stereocenters. The summed E-state index contributed by atoms with van der Waals surface area (Å²) in [4.78, 5) is 7.53. The maximum atomic E-state index is 11.8. The van der Waals surface area contributed by atoms with Gasteiger partial charge in [0.2, 0.25) is 0 Å². The molecule has 9 heteroatoms. The molecule has 1 N–H and O–H groups in total. The van der Waals surface area contributed by atoms with E-state index < -0.39 is 19.4 Å². The van der Waals surface area contributed by atoms with Crippen molar-refractivity contribution in [3.63, 3.8) is 0 Å². The summed E-state index contributed by atoms with van der Waals surface area (Å²) in [5, 5.41) is 12.7. The van der Waals surface area contributed by atoms with Crippen LogP contribution < -0.4 is 0 Å². The highest BCUT2D eigenvalue weighted by Crippen LogP contribution is 2.20. The Morgan fingerprint density at radius 1 is 1.32 bits per heavy atom. The number of pyridine rings is 1. The normalized spacial score (nSPS) is 11.7. The second-order valence-electron chi connectivity index (χ2n) is 3.56. The van der Waals surface area contributed by atoms with Gasteiger partial charge in [0.15, 0.2) is 5.82 Å². The number of halogens is 3. The average Bonchev–Trinajstić information content (AvgIpc) is 2.76. The molecule has 0 amide bonds. The van der Waals surface area contributed by atoms with Crippen LogP contribution in [0.5, 0.6) is 5.75 Å². The van der Waals surface area contributed by atoms with Crippen molar-refractivity contribution in [1.29, 1.82) is 0 Å². The lowest BCUT2D eigenvalue weighted by atomic mass is 10.3. The molecular formula is C10H8F3N3O3.